The van der Waals surface area contributed by atoms with E-state index in [4.69, 9.17) is 15.2 Å². The number of hydrogen-bond donors (Lipinski definition) is 2. The summed E-state index contributed by atoms with van der Waals surface area (Å²) < 4.78 is 10.7. The van der Waals surface area contributed by atoms with Crippen molar-refractivity contribution >= 4 is 17.6 Å². The van der Waals surface area contributed by atoms with Gasteiger partial charge in [-0.1, -0.05) is 0 Å². The lowest BCUT2D eigenvalue weighted by Gasteiger charge is -2.30. The molecule has 0 aliphatic carbocycles. The molecular formula is C16H23N3O4. The zero-order chi connectivity index (χ0) is 16.8. The first-order valence-electron chi connectivity index (χ1n) is 7.71. The number of methoxy groups -OCH3 is 1. The molecule has 1 aliphatic heterocycles. The standard InChI is InChI=1S/C16H23N3O4/c1-3-23-13-7-6-12(9-14(13)22-2)18-15(20)11-5-4-8-19(10-11)16(17)21/h6-7,9,11H,3-5,8,10H2,1-2H3,(H2,17,21)(H,18,20)/t11-/m1/s1. The molecule has 2 rings (SSSR count). The molecule has 0 spiro atoms. The smallest absolute Gasteiger partial charge is 0.314 e. The van der Waals surface area contributed by atoms with Crippen LogP contribution in [0.5, 0.6) is 11.5 Å². The predicted molar refractivity (Wildman–Crippen MR) is 86.7 cm³/mol. The van der Waals surface area contributed by atoms with Crippen molar-refractivity contribution in [1.29, 1.82) is 0 Å². The monoisotopic (exact) mass is 321 g/mol. The highest BCUT2D eigenvalue weighted by Gasteiger charge is 2.27. The van der Waals surface area contributed by atoms with Crippen molar-refractivity contribution in [3.63, 3.8) is 0 Å². The number of hydrogen-bond acceptors (Lipinski definition) is 4. The number of carbonyl (C=O) groups excluding carboxylic acids is 2. The third-order valence-electron chi connectivity index (χ3n) is 3.83. The topological polar surface area (TPSA) is 93.9 Å². The molecule has 1 saturated heterocycles. The first-order chi connectivity index (χ1) is 11.0. The fraction of sp³-hybridized carbons (Fsp3) is 0.500. The fourth-order valence-corrected chi connectivity index (χ4v) is 2.66. The van der Waals surface area contributed by atoms with Gasteiger partial charge >= 0.3 is 6.03 Å². The van der Waals surface area contributed by atoms with Gasteiger partial charge in [0.1, 0.15) is 0 Å². The van der Waals surface area contributed by atoms with Gasteiger partial charge in [0.15, 0.2) is 11.5 Å². The zero-order valence-corrected chi connectivity index (χ0v) is 13.5. The number of likely N-dealkylation sites (tertiary alicyclic amines) is 1. The van der Waals surface area contributed by atoms with Gasteiger partial charge in [-0.25, -0.2) is 4.79 Å². The maximum absolute atomic E-state index is 12.4. The third-order valence-corrected chi connectivity index (χ3v) is 3.83. The summed E-state index contributed by atoms with van der Waals surface area (Å²) in [6, 6.07) is 4.76. The Hall–Kier alpha value is -2.44. The van der Waals surface area contributed by atoms with Crippen LogP contribution in [0.2, 0.25) is 0 Å². The van der Waals surface area contributed by atoms with Crippen LogP contribution < -0.4 is 20.5 Å². The quantitative estimate of drug-likeness (QED) is 0.865. The second kappa shape index (κ2) is 7.71. The van der Waals surface area contributed by atoms with Crippen molar-refractivity contribution in [2.45, 2.75) is 19.8 Å². The molecule has 3 amide bonds. The van der Waals surface area contributed by atoms with Gasteiger partial charge in [-0.15, -0.1) is 0 Å². The van der Waals surface area contributed by atoms with Gasteiger partial charge in [0.05, 0.1) is 19.6 Å². The molecule has 1 aromatic carbocycles. The zero-order valence-electron chi connectivity index (χ0n) is 13.5. The Labute approximate surface area is 135 Å². The lowest BCUT2D eigenvalue weighted by atomic mass is 9.97. The Balaban J connectivity index is 2.03. The molecule has 0 radical (unpaired) electrons. The summed E-state index contributed by atoms with van der Waals surface area (Å²) in [4.78, 5) is 25.1. The normalized spacial score (nSPS) is 17.5. The summed E-state index contributed by atoms with van der Waals surface area (Å²) in [6.07, 6.45) is 1.51. The summed E-state index contributed by atoms with van der Waals surface area (Å²) in [5.41, 5.74) is 5.92. The van der Waals surface area contributed by atoms with Crippen molar-refractivity contribution in [2.24, 2.45) is 11.7 Å². The molecule has 0 saturated carbocycles. The highest BCUT2D eigenvalue weighted by molar-refractivity contribution is 5.93. The number of anilines is 1. The number of primary amides is 1. The Morgan fingerprint density at radius 3 is 2.83 bits per heavy atom. The van der Waals surface area contributed by atoms with Gasteiger partial charge < -0.3 is 25.4 Å². The molecule has 1 aromatic rings. The van der Waals surface area contributed by atoms with Crippen molar-refractivity contribution in [3.05, 3.63) is 18.2 Å². The van der Waals surface area contributed by atoms with Crippen LogP contribution >= 0.6 is 0 Å². The Morgan fingerprint density at radius 2 is 2.17 bits per heavy atom. The van der Waals surface area contributed by atoms with E-state index < -0.39 is 6.03 Å². The molecule has 0 aromatic heterocycles. The molecule has 1 aliphatic rings. The minimum Gasteiger partial charge on any atom is -0.493 e. The third kappa shape index (κ3) is 4.28. The second-order valence-electron chi connectivity index (χ2n) is 5.41. The number of nitrogens with one attached hydrogen (secondary N) is 1. The minimum absolute atomic E-state index is 0.123. The van der Waals surface area contributed by atoms with Crippen LogP contribution in [0, 0.1) is 5.92 Å². The highest BCUT2D eigenvalue weighted by Crippen LogP contribution is 2.30. The van der Waals surface area contributed by atoms with Crippen LogP contribution in [0.25, 0.3) is 0 Å². The molecular weight excluding hydrogens is 298 g/mol. The van der Waals surface area contributed by atoms with Crippen LogP contribution in [0.4, 0.5) is 10.5 Å². The first kappa shape index (κ1) is 16.9. The van der Waals surface area contributed by atoms with E-state index >= 15 is 0 Å². The number of amides is 3. The van der Waals surface area contributed by atoms with Crippen LogP contribution in [-0.2, 0) is 4.79 Å². The van der Waals surface area contributed by atoms with Gasteiger partial charge in [-0.2, -0.15) is 0 Å². The molecule has 3 N–H and O–H groups in total. The van der Waals surface area contributed by atoms with Crippen molar-refractivity contribution < 1.29 is 19.1 Å². The van der Waals surface area contributed by atoms with Crippen LogP contribution in [0.15, 0.2) is 18.2 Å². The largest absolute Gasteiger partial charge is 0.493 e. The number of rotatable bonds is 5. The van der Waals surface area contributed by atoms with Gasteiger partial charge in [-0.3, -0.25) is 4.79 Å². The number of benzene rings is 1. The molecule has 1 fully saturated rings. The summed E-state index contributed by atoms with van der Waals surface area (Å²) >= 11 is 0. The first-order valence-corrected chi connectivity index (χ1v) is 7.71. The van der Waals surface area contributed by atoms with Gasteiger partial charge in [-0.05, 0) is 31.9 Å². The van der Waals surface area contributed by atoms with Gasteiger partial charge in [0.2, 0.25) is 5.91 Å². The van der Waals surface area contributed by atoms with E-state index in [9.17, 15) is 9.59 Å². The SMILES string of the molecule is CCOc1ccc(NC(=O)[C@@H]2CCCN(C(N)=O)C2)cc1OC. The number of piperidine rings is 1. The lowest BCUT2D eigenvalue weighted by Crippen LogP contribution is -2.46. The van der Waals surface area contributed by atoms with Gasteiger partial charge in [0, 0.05) is 24.8 Å². The second-order valence-corrected chi connectivity index (χ2v) is 5.41. The average Bonchev–Trinajstić information content (AvgIpc) is 2.56. The molecule has 7 nitrogen and oxygen atoms in total. The van der Waals surface area contributed by atoms with Crippen molar-refractivity contribution in [3.8, 4) is 11.5 Å². The lowest BCUT2D eigenvalue weighted by molar-refractivity contribution is -0.121. The summed E-state index contributed by atoms with van der Waals surface area (Å²) in [5, 5.41) is 2.86. The van der Waals surface area contributed by atoms with E-state index in [1.807, 2.05) is 6.92 Å². The van der Waals surface area contributed by atoms with Crippen LogP contribution in [0.1, 0.15) is 19.8 Å². The molecule has 126 valence electrons. The van der Waals surface area contributed by atoms with Crippen molar-refractivity contribution in [2.75, 3.05) is 32.1 Å². The molecule has 23 heavy (non-hydrogen) atoms. The predicted octanol–water partition coefficient (Wildman–Crippen LogP) is 1.82. The van der Waals surface area contributed by atoms with E-state index in [0.29, 0.717) is 36.9 Å². The summed E-state index contributed by atoms with van der Waals surface area (Å²) in [6.45, 7) is 3.39. The summed E-state index contributed by atoms with van der Waals surface area (Å²) in [5.74, 6) is 0.814. The Bertz CT molecular complexity index is 576. The molecule has 1 atom stereocenters. The van der Waals surface area contributed by atoms with Gasteiger partial charge in [0.25, 0.3) is 0 Å². The molecule has 7 heteroatoms. The number of nitrogens with zero attached hydrogens (tertiary/aromatic N) is 1. The number of carbonyl (C=O) groups is 2. The van der Waals surface area contributed by atoms with Crippen LogP contribution in [0.3, 0.4) is 0 Å². The Kier molecular flexibility index (Phi) is 5.67. The van der Waals surface area contributed by atoms with Crippen LogP contribution in [-0.4, -0.2) is 43.6 Å². The van der Waals surface area contributed by atoms with E-state index in [1.165, 1.54) is 4.90 Å². The Morgan fingerprint density at radius 1 is 1.39 bits per heavy atom. The number of urea groups is 1. The summed E-state index contributed by atoms with van der Waals surface area (Å²) in [7, 11) is 1.55. The van der Waals surface area contributed by atoms with E-state index in [2.05, 4.69) is 5.32 Å². The number of nitrogens with two attached hydrogens (primary N) is 1. The van der Waals surface area contributed by atoms with E-state index in [1.54, 1.807) is 25.3 Å². The minimum atomic E-state index is -0.481. The fourth-order valence-electron chi connectivity index (χ4n) is 2.66. The average molecular weight is 321 g/mol. The maximum atomic E-state index is 12.4. The molecule has 1 heterocycles. The molecule has 0 bridgehead atoms. The van der Waals surface area contributed by atoms with E-state index in [0.717, 1.165) is 12.8 Å². The maximum Gasteiger partial charge on any atom is 0.314 e. The number of ether oxygens (including phenoxy) is 2. The highest BCUT2D eigenvalue weighted by atomic mass is 16.5. The van der Waals surface area contributed by atoms with E-state index in [-0.39, 0.29) is 11.8 Å². The molecule has 0 unspecified atom stereocenters. The van der Waals surface area contributed by atoms with Crippen molar-refractivity contribution in [1.82, 2.24) is 4.90 Å².